The summed E-state index contributed by atoms with van der Waals surface area (Å²) in [6, 6.07) is 0. The highest BCUT2D eigenvalue weighted by Gasteiger charge is 2.53. The molecule has 3 fully saturated rings. The van der Waals surface area contributed by atoms with Crippen LogP contribution >= 0.6 is 0 Å². The Balaban J connectivity index is 1.88. The van der Waals surface area contributed by atoms with E-state index in [9.17, 15) is 4.80 Å². The average Bonchev–Trinajstić information content (AvgIpc) is 2.72. The summed E-state index contributed by atoms with van der Waals surface area (Å²) in [7, 11) is -3.86. The van der Waals surface area contributed by atoms with Gasteiger partial charge < -0.3 is 18.1 Å². The molecule has 0 amide bonds. The Labute approximate surface area is 218 Å². The molecule has 4 nitrogen and oxygen atoms in total. The Kier molecular flexibility index (Phi) is 10.8. The molecule has 0 heterocycles. The molecule has 0 aliphatic heterocycles. The van der Waals surface area contributed by atoms with Gasteiger partial charge in [-0.25, -0.2) is 0 Å². The molecule has 5 heteroatoms. The van der Waals surface area contributed by atoms with Gasteiger partial charge in [-0.1, -0.05) is 81.6 Å². The van der Waals surface area contributed by atoms with E-state index in [1.165, 1.54) is 19.3 Å². The lowest BCUT2D eigenvalue weighted by Crippen LogP contribution is -2.58. The van der Waals surface area contributed by atoms with Gasteiger partial charge >= 0.3 is 9.05 Å². The van der Waals surface area contributed by atoms with Gasteiger partial charge in [-0.15, -0.1) is 0 Å². The van der Waals surface area contributed by atoms with Crippen LogP contribution in [0, 0.1) is 53.3 Å². The molecule has 9 atom stereocenters. The second kappa shape index (κ2) is 12.7. The Morgan fingerprint density at radius 1 is 0.514 bits per heavy atom. The highest BCUT2D eigenvalue weighted by atomic mass is 28.4. The third kappa shape index (κ3) is 8.02. The summed E-state index contributed by atoms with van der Waals surface area (Å²) in [5.41, 5.74) is 0. The van der Waals surface area contributed by atoms with Crippen molar-refractivity contribution in [2.24, 2.45) is 53.3 Å². The number of hydrogen-bond donors (Lipinski definition) is 1. The van der Waals surface area contributed by atoms with Crippen LogP contribution in [0.15, 0.2) is 0 Å². The van der Waals surface area contributed by atoms with E-state index in [1.54, 1.807) is 0 Å². The van der Waals surface area contributed by atoms with E-state index >= 15 is 0 Å². The van der Waals surface area contributed by atoms with Crippen molar-refractivity contribution in [3.8, 4) is 0 Å². The minimum Gasteiger partial charge on any atom is -0.367 e. The van der Waals surface area contributed by atoms with Gasteiger partial charge in [0, 0.05) is 0 Å². The standard InChI is InChI=1S/C30H58O4Si/c1-19(2)25-13-10-22(7)16-28(25)32-35(31,33-29-17-23(8)11-14-26(29)20(3)4)34-30-18-24(9)12-15-27(30)21(5)6/h19-31H,10-18H2,1-9H3/t22-,23-,24-,25+,26+,27+,28-,29-,30-/m1/s1. The van der Waals surface area contributed by atoms with Gasteiger partial charge in [0.05, 0.1) is 18.3 Å². The predicted molar refractivity (Wildman–Crippen MR) is 147 cm³/mol. The molecule has 0 bridgehead atoms. The molecule has 0 saturated heterocycles. The first-order chi connectivity index (χ1) is 16.4. The Hall–Kier alpha value is 0.0569. The molecular formula is C30H58O4Si. The Morgan fingerprint density at radius 3 is 1.00 bits per heavy atom. The third-order valence-corrected chi connectivity index (χ3v) is 11.6. The minimum atomic E-state index is -3.86. The lowest BCUT2D eigenvalue weighted by atomic mass is 9.75. The summed E-state index contributed by atoms with van der Waals surface area (Å²) < 4.78 is 20.4. The van der Waals surface area contributed by atoms with Gasteiger partial charge in [0.1, 0.15) is 0 Å². The zero-order chi connectivity index (χ0) is 25.9. The largest absolute Gasteiger partial charge is 0.677 e. The van der Waals surface area contributed by atoms with Crippen LogP contribution in [0.5, 0.6) is 0 Å². The summed E-state index contributed by atoms with van der Waals surface area (Å²) in [6.07, 6.45) is 10.3. The maximum atomic E-state index is 12.3. The van der Waals surface area contributed by atoms with Crippen molar-refractivity contribution in [3.63, 3.8) is 0 Å². The third-order valence-electron chi connectivity index (χ3n) is 9.78. The van der Waals surface area contributed by atoms with Gasteiger partial charge in [-0.2, -0.15) is 0 Å². The molecule has 0 radical (unpaired) electrons. The predicted octanol–water partition coefficient (Wildman–Crippen LogP) is 7.85. The molecule has 0 aromatic rings. The maximum Gasteiger partial charge on any atom is 0.677 e. The molecule has 3 aliphatic carbocycles. The highest BCUT2D eigenvalue weighted by Crippen LogP contribution is 2.42. The SMILES string of the molecule is CC(C)[C@@H]1CC[C@@H](C)C[C@H]1O[Si](O)(O[C@@H]1C[C@H](C)CC[C@H]1C(C)C)O[C@@H]1C[C@H](C)CC[C@H]1C(C)C. The summed E-state index contributed by atoms with van der Waals surface area (Å²) in [5.74, 6) is 4.80. The van der Waals surface area contributed by atoms with Gasteiger partial charge in [-0.3, -0.25) is 0 Å². The first-order valence-corrected chi connectivity index (χ1v) is 16.8. The second-order valence-corrected chi connectivity index (χ2v) is 15.7. The van der Waals surface area contributed by atoms with Crippen molar-refractivity contribution in [2.45, 2.75) is 138 Å². The Bertz CT molecular complexity index is 554. The number of rotatable bonds is 9. The second-order valence-electron chi connectivity index (χ2n) is 14.0. The fourth-order valence-corrected chi connectivity index (χ4v) is 9.54. The molecule has 206 valence electrons. The van der Waals surface area contributed by atoms with Gasteiger partial charge in [0.25, 0.3) is 0 Å². The lowest BCUT2D eigenvalue weighted by Gasteiger charge is -2.45. The summed E-state index contributed by atoms with van der Waals surface area (Å²) in [4.78, 5) is 12.3. The molecule has 0 aromatic carbocycles. The molecule has 0 spiro atoms. The van der Waals surface area contributed by atoms with Crippen molar-refractivity contribution in [1.29, 1.82) is 0 Å². The van der Waals surface area contributed by atoms with Crippen LogP contribution < -0.4 is 0 Å². The Morgan fingerprint density at radius 2 is 0.771 bits per heavy atom. The normalized spacial score (nSPS) is 39.5. The van der Waals surface area contributed by atoms with Crippen molar-refractivity contribution in [3.05, 3.63) is 0 Å². The lowest BCUT2D eigenvalue weighted by molar-refractivity contribution is -0.131. The summed E-state index contributed by atoms with van der Waals surface area (Å²) in [6.45, 7) is 20.8. The van der Waals surface area contributed by atoms with E-state index in [0.717, 1.165) is 38.5 Å². The van der Waals surface area contributed by atoms with E-state index in [1.807, 2.05) is 0 Å². The molecule has 0 aromatic heterocycles. The first-order valence-electron chi connectivity index (χ1n) is 15.1. The smallest absolute Gasteiger partial charge is 0.367 e. The van der Waals surface area contributed by atoms with Crippen LogP contribution in [-0.4, -0.2) is 32.2 Å². The van der Waals surface area contributed by atoms with E-state index in [2.05, 4.69) is 62.3 Å². The minimum absolute atomic E-state index is 0.0208. The molecule has 3 aliphatic rings. The molecule has 0 unspecified atom stereocenters. The van der Waals surface area contributed by atoms with Crippen LogP contribution in [0.4, 0.5) is 0 Å². The summed E-state index contributed by atoms with van der Waals surface area (Å²) in [5, 5.41) is 0. The first kappa shape index (κ1) is 29.6. The van der Waals surface area contributed by atoms with Crippen LogP contribution in [-0.2, 0) is 13.3 Å². The highest BCUT2D eigenvalue weighted by molar-refractivity contribution is 6.52. The van der Waals surface area contributed by atoms with Crippen LogP contribution in [0.2, 0.25) is 0 Å². The summed E-state index contributed by atoms with van der Waals surface area (Å²) >= 11 is 0. The van der Waals surface area contributed by atoms with E-state index < -0.39 is 9.05 Å². The van der Waals surface area contributed by atoms with E-state index in [0.29, 0.717) is 53.3 Å². The monoisotopic (exact) mass is 510 g/mol. The topological polar surface area (TPSA) is 47.9 Å². The van der Waals surface area contributed by atoms with Gasteiger partial charge in [0.15, 0.2) is 0 Å². The van der Waals surface area contributed by atoms with E-state index in [4.69, 9.17) is 13.3 Å². The molecular weight excluding hydrogens is 452 g/mol. The van der Waals surface area contributed by atoms with Crippen LogP contribution in [0.3, 0.4) is 0 Å². The zero-order valence-electron chi connectivity index (χ0n) is 24.5. The van der Waals surface area contributed by atoms with Gasteiger partial charge in [0.2, 0.25) is 0 Å². The van der Waals surface area contributed by atoms with Crippen LogP contribution in [0.1, 0.15) is 120 Å². The molecule has 35 heavy (non-hydrogen) atoms. The van der Waals surface area contributed by atoms with Crippen molar-refractivity contribution in [2.75, 3.05) is 0 Å². The fraction of sp³-hybridized carbons (Fsp3) is 1.00. The van der Waals surface area contributed by atoms with Crippen molar-refractivity contribution in [1.82, 2.24) is 0 Å². The van der Waals surface area contributed by atoms with Gasteiger partial charge in [-0.05, 0) is 91.8 Å². The van der Waals surface area contributed by atoms with Crippen LogP contribution in [0.25, 0.3) is 0 Å². The average molecular weight is 511 g/mol. The maximum absolute atomic E-state index is 12.3. The van der Waals surface area contributed by atoms with Crippen molar-refractivity contribution >= 4 is 9.05 Å². The van der Waals surface area contributed by atoms with Crippen molar-refractivity contribution < 1.29 is 18.1 Å². The fourth-order valence-electron chi connectivity index (χ4n) is 7.41. The molecule has 1 N–H and O–H groups in total. The quantitative estimate of drug-likeness (QED) is 0.321. The molecule has 3 saturated carbocycles. The molecule has 3 rings (SSSR count). The van der Waals surface area contributed by atoms with E-state index in [-0.39, 0.29) is 18.3 Å². The number of hydrogen-bond acceptors (Lipinski definition) is 4. The zero-order valence-corrected chi connectivity index (χ0v) is 25.5.